The molecule has 0 aromatic heterocycles. The number of nitrogens with two attached hydrogens (primary N) is 2. The minimum absolute atomic E-state index is 0.316. The number of phosphoric acid groups is 2. The van der Waals surface area contributed by atoms with Crippen molar-refractivity contribution in [3.63, 3.8) is 0 Å². The molecule has 0 saturated heterocycles. The van der Waals surface area contributed by atoms with Crippen LogP contribution in [0.4, 0.5) is 0 Å². The van der Waals surface area contributed by atoms with Crippen LogP contribution in [0.3, 0.4) is 0 Å². The maximum atomic E-state index is 11.9. The molecule has 0 saturated carbocycles. The highest BCUT2D eigenvalue weighted by Gasteiger charge is 2.25. The summed E-state index contributed by atoms with van der Waals surface area (Å²) in [5.74, 6) is 1.37. The van der Waals surface area contributed by atoms with Crippen molar-refractivity contribution in [1.29, 1.82) is 0 Å². The zero-order valence-electron chi connectivity index (χ0n) is 34.1. The second kappa shape index (κ2) is 38.9. The summed E-state index contributed by atoms with van der Waals surface area (Å²) in [6.07, 6.45) is 21.9. The second-order valence-electron chi connectivity index (χ2n) is 13.8. The molecule has 0 bridgehead atoms. The van der Waals surface area contributed by atoms with Crippen molar-refractivity contribution < 1.29 is 37.0 Å². The van der Waals surface area contributed by atoms with Gasteiger partial charge >= 0.3 is 15.6 Å². The fraction of sp³-hybridized carbons (Fsp3) is 1.00. The molecule has 0 heterocycles. The normalized spacial score (nSPS) is 16.2. The van der Waals surface area contributed by atoms with Crippen LogP contribution >= 0.6 is 15.6 Å². The monoisotopic (exact) mass is 761 g/mol. The Kier molecular flexibility index (Phi) is 42.3. The maximum absolute atomic E-state index is 11.9. The molecule has 306 valence electrons. The van der Waals surface area contributed by atoms with E-state index < -0.39 is 15.6 Å². The van der Waals surface area contributed by atoms with E-state index >= 15 is 0 Å². The Labute approximate surface area is 310 Å². The van der Waals surface area contributed by atoms with E-state index in [4.69, 9.17) is 29.6 Å². The van der Waals surface area contributed by atoms with Gasteiger partial charge in [-0.15, -0.1) is 0 Å². The first-order chi connectivity index (χ1) is 23.9. The highest BCUT2D eigenvalue weighted by molar-refractivity contribution is 7.47. The first kappa shape index (κ1) is 54.5. The van der Waals surface area contributed by atoms with Gasteiger partial charge in [-0.05, 0) is 75.3 Å². The van der Waals surface area contributed by atoms with Crippen molar-refractivity contribution in [3.8, 4) is 0 Å². The average Bonchev–Trinajstić information content (AvgIpc) is 3.11. The van der Waals surface area contributed by atoms with E-state index in [0.29, 0.717) is 50.1 Å². The zero-order chi connectivity index (χ0) is 38.5. The first-order valence-corrected chi connectivity index (χ1v) is 23.5. The SMILES string of the molecule is CCCCC(CC)COP(=O)(O)OCC(CC)CCCC.CCCCC(CC)COP(=O)(O)OCC(CC)CCCC.NCCCCCCN. The number of unbranched alkanes of at least 4 members (excludes halogenated alkanes) is 7. The standard InChI is InChI=1S/2C16H35O4P.C6H16N2/c2*1-5-9-11-15(7-3)13-19-21(17,18)20-14-16(8-4)12-10-6-2;7-5-3-1-2-4-6-8/h2*15-16H,5-14H2,1-4H3,(H,17,18);1-8H2. The van der Waals surface area contributed by atoms with Crippen LogP contribution in [0.15, 0.2) is 0 Å². The van der Waals surface area contributed by atoms with E-state index in [1.807, 2.05) is 0 Å². The Morgan fingerprint density at radius 1 is 0.420 bits per heavy atom. The summed E-state index contributed by atoms with van der Waals surface area (Å²) in [6, 6.07) is 0. The van der Waals surface area contributed by atoms with Crippen LogP contribution in [0.2, 0.25) is 0 Å². The molecule has 0 aromatic carbocycles. The highest BCUT2D eigenvalue weighted by atomic mass is 31.2. The Balaban J connectivity index is -0.000000727. The predicted octanol–water partition coefficient (Wildman–Crippen LogP) is 11.6. The molecule has 0 aromatic rings. The molecular weight excluding hydrogens is 674 g/mol. The molecular formula is C38H86N2O8P2. The van der Waals surface area contributed by atoms with E-state index in [-0.39, 0.29) is 0 Å². The number of hydrogen-bond donors (Lipinski definition) is 4. The summed E-state index contributed by atoms with van der Waals surface area (Å²) >= 11 is 0. The molecule has 0 rings (SSSR count). The van der Waals surface area contributed by atoms with Crippen molar-refractivity contribution in [2.24, 2.45) is 35.1 Å². The van der Waals surface area contributed by atoms with Gasteiger partial charge in [0.25, 0.3) is 0 Å². The highest BCUT2D eigenvalue weighted by Crippen LogP contribution is 2.45. The van der Waals surface area contributed by atoms with Crippen LogP contribution in [0.25, 0.3) is 0 Å². The van der Waals surface area contributed by atoms with Crippen molar-refractivity contribution in [3.05, 3.63) is 0 Å². The van der Waals surface area contributed by atoms with Gasteiger partial charge in [-0.3, -0.25) is 18.1 Å². The zero-order valence-corrected chi connectivity index (χ0v) is 35.9. The average molecular weight is 761 g/mol. The van der Waals surface area contributed by atoms with Crippen LogP contribution in [-0.2, 0) is 27.2 Å². The van der Waals surface area contributed by atoms with Crippen LogP contribution in [-0.4, -0.2) is 49.3 Å². The van der Waals surface area contributed by atoms with Gasteiger partial charge in [0.15, 0.2) is 0 Å². The van der Waals surface area contributed by atoms with Gasteiger partial charge in [0.1, 0.15) is 0 Å². The molecule has 12 heteroatoms. The fourth-order valence-corrected chi connectivity index (χ4v) is 6.85. The maximum Gasteiger partial charge on any atom is 0.472 e. The van der Waals surface area contributed by atoms with Crippen molar-refractivity contribution in [1.82, 2.24) is 0 Å². The first-order valence-electron chi connectivity index (χ1n) is 20.5. The molecule has 0 aliphatic heterocycles. The van der Waals surface area contributed by atoms with E-state index in [0.717, 1.165) is 129 Å². The summed E-state index contributed by atoms with van der Waals surface area (Å²) < 4.78 is 44.5. The summed E-state index contributed by atoms with van der Waals surface area (Å²) in [5.41, 5.74) is 10.6. The number of phosphoric ester groups is 2. The minimum atomic E-state index is -3.89. The Hall–Kier alpha value is 0.140. The van der Waals surface area contributed by atoms with E-state index in [9.17, 15) is 18.9 Å². The lowest BCUT2D eigenvalue weighted by molar-refractivity contribution is 0.109. The largest absolute Gasteiger partial charge is 0.472 e. The molecule has 6 N–H and O–H groups in total. The molecule has 10 nitrogen and oxygen atoms in total. The summed E-state index contributed by atoms with van der Waals surface area (Å²) in [5, 5.41) is 0. The molecule has 0 amide bonds. The molecule has 0 aliphatic rings. The van der Waals surface area contributed by atoms with E-state index in [2.05, 4.69) is 55.4 Å². The van der Waals surface area contributed by atoms with Crippen molar-refractivity contribution in [2.45, 2.75) is 184 Å². The fourth-order valence-electron chi connectivity index (χ4n) is 5.11. The smallest absolute Gasteiger partial charge is 0.330 e. The molecule has 0 spiro atoms. The van der Waals surface area contributed by atoms with Gasteiger partial charge < -0.3 is 21.3 Å². The molecule has 0 aliphatic carbocycles. The lowest BCUT2D eigenvalue weighted by Crippen LogP contribution is -2.12. The number of hydrogen-bond acceptors (Lipinski definition) is 8. The van der Waals surface area contributed by atoms with E-state index in [1.54, 1.807) is 0 Å². The Morgan fingerprint density at radius 3 is 0.800 bits per heavy atom. The van der Waals surface area contributed by atoms with Crippen LogP contribution in [0.5, 0.6) is 0 Å². The molecule has 0 fully saturated rings. The van der Waals surface area contributed by atoms with Crippen LogP contribution < -0.4 is 11.5 Å². The van der Waals surface area contributed by atoms with E-state index in [1.165, 1.54) is 12.8 Å². The van der Waals surface area contributed by atoms with Crippen LogP contribution in [0.1, 0.15) is 184 Å². The third kappa shape index (κ3) is 37.9. The van der Waals surface area contributed by atoms with Crippen LogP contribution in [0, 0.1) is 23.7 Å². The van der Waals surface area contributed by atoms with Gasteiger partial charge in [0.2, 0.25) is 0 Å². The third-order valence-corrected chi connectivity index (χ3v) is 11.1. The lowest BCUT2D eigenvalue weighted by Gasteiger charge is -2.20. The lowest BCUT2D eigenvalue weighted by atomic mass is 10.0. The van der Waals surface area contributed by atoms with Gasteiger partial charge in [0.05, 0.1) is 26.4 Å². The minimum Gasteiger partial charge on any atom is -0.330 e. The molecule has 50 heavy (non-hydrogen) atoms. The topological polar surface area (TPSA) is 164 Å². The summed E-state index contributed by atoms with van der Waals surface area (Å²) in [7, 11) is -7.78. The molecule has 4 atom stereocenters. The van der Waals surface area contributed by atoms with Gasteiger partial charge in [0, 0.05) is 0 Å². The van der Waals surface area contributed by atoms with Gasteiger partial charge in [-0.1, -0.05) is 145 Å². The molecule has 4 unspecified atom stereocenters. The van der Waals surface area contributed by atoms with Crippen molar-refractivity contribution >= 4 is 15.6 Å². The summed E-state index contributed by atoms with van der Waals surface area (Å²) in [4.78, 5) is 19.5. The predicted molar refractivity (Wildman–Crippen MR) is 213 cm³/mol. The molecule has 0 radical (unpaired) electrons. The summed E-state index contributed by atoms with van der Waals surface area (Å²) in [6.45, 7) is 19.9. The van der Waals surface area contributed by atoms with Gasteiger partial charge in [-0.2, -0.15) is 0 Å². The Morgan fingerprint density at radius 2 is 0.640 bits per heavy atom. The second-order valence-corrected chi connectivity index (χ2v) is 16.7. The van der Waals surface area contributed by atoms with Crippen molar-refractivity contribution in [2.75, 3.05) is 39.5 Å². The quantitative estimate of drug-likeness (QED) is 0.0374. The Bertz CT molecular complexity index is 671. The number of rotatable bonds is 33. The van der Waals surface area contributed by atoms with Gasteiger partial charge in [-0.25, -0.2) is 9.13 Å². The third-order valence-electron chi connectivity index (χ3n) is 9.22.